The van der Waals surface area contributed by atoms with Crippen molar-refractivity contribution in [1.29, 1.82) is 0 Å². The van der Waals surface area contributed by atoms with Crippen LogP contribution < -0.4 is 0 Å². The summed E-state index contributed by atoms with van der Waals surface area (Å²) in [4.78, 5) is 27.9. The maximum absolute atomic E-state index is 14.9. The lowest BCUT2D eigenvalue weighted by molar-refractivity contribution is -0.382. The first kappa shape index (κ1) is 50.1. The molecule has 0 radical (unpaired) electrons. The molecule has 5 aliphatic carbocycles. The van der Waals surface area contributed by atoms with Gasteiger partial charge in [-0.1, -0.05) is 48.5 Å². The number of aliphatic hydroxyl groups excluding tert-OH is 10. The number of ketones is 1. The third kappa shape index (κ3) is 7.75. The number of aliphatic hydroxyl groups is 10. The van der Waals surface area contributed by atoms with Gasteiger partial charge in [0, 0.05) is 12.3 Å². The van der Waals surface area contributed by atoms with Gasteiger partial charge in [-0.15, -0.1) is 0 Å². The van der Waals surface area contributed by atoms with E-state index in [1.54, 1.807) is 0 Å². The Labute approximate surface area is 380 Å². The lowest BCUT2D eigenvalue weighted by atomic mass is 9.31. The molecule has 18 nitrogen and oxygen atoms in total. The van der Waals surface area contributed by atoms with Gasteiger partial charge in [-0.2, -0.15) is 0 Å². The SMILES string of the molecule is CC1(C)CC[C@]2(C=O)[C@H](O)C[C@]3(C)[C@H](C(=O)C[C@@H]4[C@@]5(C)CC[C@H](O[C@@H]6OC[C@H](O[C@@H]7O[C@H](CO)[C@@H](O)[C@H](O)[C@H]7O)[C@H](O)[C@H]6O[C@@H]6O[C@H](CO)[C@@H](O)[C@H](O)[C@H]6O)C(C)(C)[C@@H]5CC[C@]43C)[C@@H]2C1. The fourth-order valence-corrected chi connectivity index (χ4v) is 15.3. The van der Waals surface area contributed by atoms with Gasteiger partial charge in [-0.3, -0.25) is 4.79 Å². The molecule has 0 spiro atoms. The second-order valence-electron chi connectivity index (χ2n) is 23.4. The zero-order valence-corrected chi connectivity index (χ0v) is 38.8. The number of aldehydes is 1. The van der Waals surface area contributed by atoms with Crippen LogP contribution in [-0.2, 0) is 38.0 Å². The Bertz CT molecular complexity index is 1750. The Hall–Kier alpha value is -1.30. The molecule has 0 aromatic rings. The van der Waals surface area contributed by atoms with Crippen molar-refractivity contribution in [3.63, 3.8) is 0 Å². The predicted molar refractivity (Wildman–Crippen MR) is 225 cm³/mol. The largest absolute Gasteiger partial charge is 0.394 e. The van der Waals surface area contributed by atoms with Crippen molar-refractivity contribution in [3.05, 3.63) is 0 Å². The molecule has 10 N–H and O–H groups in total. The molecule has 3 aliphatic heterocycles. The van der Waals surface area contributed by atoms with Crippen LogP contribution in [0.25, 0.3) is 0 Å². The highest BCUT2D eigenvalue weighted by molar-refractivity contribution is 5.85. The summed E-state index contributed by atoms with van der Waals surface area (Å²) in [6.45, 7) is 13.7. The van der Waals surface area contributed by atoms with E-state index in [9.17, 15) is 60.7 Å². The minimum Gasteiger partial charge on any atom is -0.394 e. The van der Waals surface area contributed by atoms with E-state index in [0.717, 1.165) is 25.5 Å². The summed E-state index contributed by atoms with van der Waals surface area (Å²) in [5.74, 6) is -0.372. The normalized spacial score (nSPS) is 55.2. The number of hydrogen-bond donors (Lipinski definition) is 10. The first-order chi connectivity index (χ1) is 30.4. The first-order valence-electron chi connectivity index (χ1n) is 23.9. The quantitative estimate of drug-likeness (QED) is 0.105. The molecule has 0 bridgehead atoms. The molecular formula is C47H76O18. The van der Waals surface area contributed by atoms with E-state index in [1.807, 2.05) is 0 Å². The molecule has 65 heavy (non-hydrogen) atoms. The van der Waals surface area contributed by atoms with E-state index in [4.69, 9.17) is 28.4 Å². The van der Waals surface area contributed by atoms with Crippen LogP contribution in [0.4, 0.5) is 0 Å². The Morgan fingerprint density at radius 1 is 0.646 bits per heavy atom. The Kier molecular flexibility index (Phi) is 13.5. The summed E-state index contributed by atoms with van der Waals surface area (Å²) in [6.07, 6.45) is -17.2. The van der Waals surface area contributed by atoms with Crippen LogP contribution in [0, 0.1) is 56.2 Å². The van der Waals surface area contributed by atoms with Gasteiger partial charge < -0.3 is 84.3 Å². The third-order valence-corrected chi connectivity index (χ3v) is 19.3. The van der Waals surface area contributed by atoms with Crippen molar-refractivity contribution in [3.8, 4) is 0 Å². The van der Waals surface area contributed by atoms with Gasteiger partial charge in [0.25, 0.3) is 0 Å². The topological polar surface area (TPSA) is 292 Å². The lowest BCUT2D eigenvalue weighted by Gasteiger charge is -2.73. The molecule has 3 saturated heterocycles. The van der Waals surface area contributed by atoms with E-state index in [-0.39, 0.29) is 52.3 Å². The van der Waals surface area contributed by atoms with Gasteiger partial charge in [0.05, 0.1) is 37.4 Å². The average molecular weight is 929 g/mol. The number of rotatable bonds is 9. The predicted octanol–water partition coefficient (Wildman–Crippen LogP) is -0.311. The zero-order chi connectivity index (χ0) is 47.6. The van der Waals surface area contributed by atoms with Crippen molar-refractivity contribution in [2.45, 2.75) is 204 Å². The van der Waals surface area contributed by atoms with E-state index in [1.165, 1.54) is 0 Å². The smallest absolute Gasteiger partial charge is 0.187 e. The summed E-state index contributed by atoms with van der Waals surface area (Å²) in [5, 5.41) is 107. The second kappa shape index (κ2) is 17.5. The van der Waals surface area contributed by atoms with Crippen LogP contribution in [0.2, 0.25) is 0 Å². The van der Waals surface area contributed by atoms with Crippen molar-refractivity contribution in [2.75, 3.05) is 19.8 Å². The number of fused-ring (bicyclic) bond motifs is 7. The number of hydrogen-bond acceptors (Lipinski definition) is 18. The van der Waals surface area contributed by atoms with Crippen LogP contribution >= 0.6 is 0 Å². The summed E-state index contributed by atoms with van der Waals surface area (Å²) >= 11 is 0. The first-order valence-corrected chi connectivity index (χ1v) is 23.9. The highest BCUT2D eigenvalue weighted by Gasteiger charge is 2.74. The molecular weight excluding hydrogens is 852 g/mol. The molecule has 0 aromatic heterocycles. The lowest BCUT2D eigenvalue weighted by Crippen LogP contribution is -2.71. The number of carbonyl (C=O) groups is 2. The van der Waals surface area contributed by atoms with Gasteiger partial charge in [0.15, 0.2) is 18.9 Å². The number of carbonyl (C=O) groups excluding carboxylic acids is 2. The van der Waals surface area contributed by atoms with Gasteiger partial charge in [0.2, 0.25) is 0 Å². The van der Waals surface area contributed by atoms with Crippen molar-refractivity contribution < 1.29 is 89.1 Å². The molecule has 372 valence electrons. The molecule has 3 heterocycles. The molecule has 24 atom stereocenters. The standard InChI is InChI=1S/C47H76O18/c1-42(2)12-13-47(20-50)21(15-42)30-22(51)14-27-44(5)10-9-29(43(3,4)26(44)8-11-45(27,6)46(30,7)16-28(47)52)64-41-38(65-40-37(59)35(57)32(54)24(18-49)62-40)33(55)25(19-60-41)63-39-36(58)34(56)31(53)23(17-48)61-39/h20-21,23-41,48-49,52-59H,8-19H2,1-7H3/t21-,23+,24+,25-,26-,27+,28+,29-,30-,31+,32+,33-,34-,35-,36+,37+,38+,39-,40-,41-,44-,45+,46+,47+/m0/s1. The van der Waals surface area contributed by atoms with Crippen molar-refractivity contribution in [1.82, 2.24) is 0 Å². The average Bonchev–Trinajstić information content (AvgIpc) is 3.24. The maximum Gasteiger partial charge on any atom is 0.187 e. The summed E-state index contributed by atoms with van der Waals surface area (Å²) < 4.78 is 36.4. The highest BCUT2D eigenvalue weighted by atomic mass is 16.8. The zero-order valence-electron chi connectivity index (χ0n) is 38.8. The number of ether oxygens (including phenoxy) is 6. The monoisotopic (exact) mass is 929 g/mol. The van der Waals surface area contributed by atoms with E-state index in [2.05, 4.69) is 48.5 Å². The second-order valence-corrected chi connectivity index (χ2v) is 23.4. The molecule has 8 fully saturated rings. The maximum atomic E-state index is 14.9. The van der Waals surface area contributed by atoms with Crippen LogP contribution in [0.1, 0.15) is 106 Å². The van der Waals surface area contributed by atoms with Crippen LogP contribution in [0.3, 0.4) is 0 Å². The summed E-state index contributed by atoms with van der Waals surface area (Å²) in [7, 11) is 0. The van der Waals surface area contributed by atoms with Gasteiger partial charge in [-0.25, -0.2) is 0 Å². The summed E-state index contributed by atoms with van der Waals surface area (Å²) in [6, 6.07) is 0. The molecule has 0 unspecified atom stereocenters. The molecule has 18 heteroatoms. The minimum absolute atomic E-state index is 0.0226. The van der Waals surface area contributed by atoms with E-state index >= 15 is 0 Å². The molecule has 5 saturated carbocycles. The molecule has 0 amide bonds. The fraction of sp³-hybridized carbons (Fsp3) is 0.957. The third-order valence-electron chi connectivity index (χ3n) is 19.3. The van der Waals surface area contributed by atoms with Gasteiger partial charge >= 0.3 is 0 Å². The fourth-order valence-electron chi connectivity index (χ4n) is 15.3. The highest BCUT2D eigenvalue weighted by Crippen LogP contribution is 2.76. The van der Waals surface area contributed by atoms with Gasteiger partial charge in [-0.05, 0) is 96.2 Å². The van der Waals surface area contributed by atoms with Crippen molar-refractivity contribution in [2.24, 2.45) is 56.2 Å². The van der Waals surface area contributed by atoms with Crippen LogP contribution in [-0.4, -0.2) is 181 Å². The van der Waals surface area contributed by atoms with E-state index in [0.29, 0.717) is 38.5 Å². The molecule has 0 aromatic carbocycles. The van der Waals surface area contributed by atoms with E-state index < -0.39 is 128 Å². The molecule has 8 rings (SSSR count). The Morgan fingerprint density at radius 3 is 1.83 bits per heavy atom. The van der Waals surface area contributed by atoms with Gasteiger partial charge in [0.1, 0.15) is 79.2 Å². The van der Waals surface area contributed by atoms with Crippen molar-refractivity contribution >= 4 is 12.1 Å². The van der Waals surface area contributed by atoms with Crippen LogP contribution in [0.5, 0.6) is 0 Å². The Morgan fingerprint density at radius 2 is 1.25 bits per heavy atom. The minimum atomic E-state index is -1.85. The van der Waals surface area contributed by atoms with Crippen LogP contribution in [0.15, 0.2) is 0 Å². The Balaban J connectivity index is 1.05. The molecule has 8 aliphatic rings. The number of Topliss-reactive ketones (excluding diaryl/α,β-unsaturated/α-hetero) is 1. The summed E-state index contributed by atoms with van der Waals surface area (Å²) in [5.41, 5.74) is -2.75.